The maximum Gasteiger partial charge on any atom is 0.331 e. The summed E-state index contributed by atoms with van der Waals surface area (Å²) in [6, 6.07) is 0. The van der Waals surface area contributed by atoms with E-state index in [-0.39, 0.29) is 64.6 Å². The van der Waals surface area contributed by atoms with Crippen LogP contribution in [-0.4, -0.2) is 86.4 Å². The Hall–Kier alpha value is -2.50. The average molecular weight is 491 g/mol. The number of carbonyl (C=O) groups excluding carboxylic acids is 4. The quantitative estimate of drug-likeness (QED) is 0.103. The van der Waals surface area contributed by atoms with Gasteiger partial charge in [-0.1, -0.05) is 6.42 Å². The highest BCUT2D eigenvalue weighted by atomic mass is 16.6. The van der Waals surface area contributed by atoms with E-state index < -0.39 is 18.0 Å². The second-order valence-corrected chi connectivity index (χ2v) is 7.38. The molecule has 0 radical (unpaired) electrons. The van der Waals surface area contributed by atoms with Gasteiger partial charge in [0.25, 0.3) is 0 Å². The van der Waals surface area contributed by atoms with Gasteiger partial charge in [0, 0.05) is 31.6 Å². The molecule has 11 heteroatoms. The number of esters is 4. The van der Waals surface area contributed by atoms with E-state index >= 15 is 0 Å². The maximum absolute atomic E-state index is 11.6. The fraction of sp³-hybridized carbons (Fsp3) is 0.739. The Balaban J connectivity index is 3.50. The van der Waals surface area contributed by atoms with E-state index in [0.717, 1.165) is 18.6 Å². The number of aliphatic hydroxyl groups is 2. The molecule has 0 aromatic carbocycles. The first-order chi connectivity index (χ1) is 16.3. The molecule has 196 valence electrons. The molecule has 0 saturated carbocycles. The molecule has 34 heavy (non-hydrogen) atoms. The highest BCUT2D eigenvalue weighted by Crippen LogP contribution is 2.03. The van der Waals surface area contributed by atoms with Crippen molar-refractivity contribution in [2.75, 3.05) is 46.2 Å². The molecule has 0 amide bonds. The molecule has 0 heterocycles. The minimum atomic E-state index is -0.780. The van der Waals surface area contributed by atoms with Crippen molar-refractivity contribution in [1.29, 1.82) is 0 Å². The van der Waals surface area contributed by atoms with Gasteiger partial charge in [-0.05, 0) is 39.0 Å². The highest BCUT2D eigenvalue weighted by Gasteiger charge is 2.06. The Kier molecular flexibility index (Phi) is 20.7. The predicted molar refractivity (Wildman–Crippen MR) is 119 cm³/mol. The number of hydrogen-bond donors (Lipinski definition) is 2. The van der Waals surface area contributed by atoms with Gasteiger partial charge in [0.2, 0.25) is 0 Å². The molecule has 0 rings (SSSR count). The van der Waals surface area contributed by atoms with E-state index in [4.69, 9.17) is 29.2 Å². The van der Waals surface area contributed by atoms with Gasteiger partial charge < -0.3 is 33.9 Å². The Morgan fingerprint density at radius 1 is 0.676 bits per heavy atom. The SMILES string of the molecule is CC(O)COC(=O)/C=C/C(=O)OCCCCCC(=O)OCCOCCOC(=O)CCCCCO. The fourth-order valence-electron chi connectivity index (χ4n) is 2.39. The first-order valence-corrected chi connectivity index (χ1v) is 11.5. The zero-order chi connectivity index (χ0) is 25.4. The average Bonchev–Trinajstić information content (AvgIpc) is 2.80. The topological polar surface area (TPSA) is 155 Å². The van der Waals surface area contributed by atoms with Gasteiger partial charge in [-0.15, -0.1) is 0 Å². The van der Waals surface area contributed by atoms with Crippen LogP contribution in [-0.2, 0) is 42.9 Å². The summed E-state index contributed by atoms with van der Waals surface area (Å²) in [7, 11) is 0. The number of unbranched alkanes of at least 4 members (excludes halogenated alkanes) is 4. The number of rotatable bonds is 21. The van der Waals surface area contributed by atoms with E-state index in [9.17, 15) is 19.2 Å². The third-order valence-corrected chi connectivity index (χ3v) is 4.11. The van der Waals surface area contributed by atoms with Gasteiger partial charge >= 0.3 is 23.9 Å². The van der Waals surface area contributed by atoms with E-state index in [2.05, 4.69) is 4.74 Å². The first-order valence-electron chi connectivity index (χ1n) is 11.5. The van der Waals surface area contributed by atoms with Crippen LogP contribution in [0.2, 0.25) is 0 Å². The van der Waals surface area contributed by atoms with Gasteiger partial charge in [-0.2, -0.15) is 0 Å². The van der Waals surface area contributed by atoms with Crippen LogP contribution in [0.5, 0.6) is 0 Å². The van der Waals surface area contributed by atoms with Crippen molar-refractivity contribution in [1.82, 2.24) is 0 Å². The summed E-state index contributed by atoms with van der Waals surface area (Å²) in [6.07, 6.45) is 5.59. The molecule has 0 fully saturated rings. The van der Waals surface area contributed by atoms with Crippen LogP contribution in [0, 0.1) is 0 Å². The van der Waals surface area contributed by atoms with E-state index in [1.54, 1.807) is 0 Å². The second kappa shape index (κ2) is 22.3. The monoisotopic (exact) mass is 490 g/mol. The summed E-state index contributed by atoms with van der Waals surface area (Å²) >= 11 is 0. The summed E-state index contributed by atoms with van der Waals surface area (Å²) in [5, 5.41) is 17.6. The minimum Gasteiger partial charge on any atom is -0.463 e. The summed E-state index contributed by atoms with van der Waals surface area (Å²) in [5.41, 5.74) is 0. The molecule has 2 N–H and O–H groups in total. The first kappa shape index (κ1) is 31.5. The van der Waals surface area contributed by atoms with Crippen LogP contribution in [0.3, 0.4) is 0 Å². The van der Waals surface area contributed by atoms with E-state index in [0.29, 0.717) is 38.5 Å². The Bertz CT molecular complexity index is 602. The predicted octanol–water partition coefficient (Wildman–Crippen LogP) is 1.23. The van der Waals surface area contributed by atoms with Crippen molar-refractivity contribution in [3.8, 4) is 0 Å². The van der Waals surface area contributed by atoms with Gasteiger partial charge in [-0.3, -0.25) is 9.59 Å². The van der Waals surface area contributed by atoms with Crippen LogP contribution in [0.4, 0.5) is 0 Å². The van der Waals surface area contributed by atoms with Crippen molar-refractivity contribution in [3.63, 3.8) is 0 Å². The Morgan fingerprint density at radius 3 is 1.74 bits per heavy atom. The van der Waals surface area contributed by atoms with E-state index in [1.807, 2.05) is 0 Å². The van der Waals surface area contributed by atoms with Gasteiger partial charge in [-0.25, -0.2) is 9.59 Å². The summed E-state index contributed by atoms with van der Waals surface area (Å²) in [5.74, 6) is -2.07. The molecule has 0 spiro atoms. The zero-order valence-electron chi connectivity index (χ0n) is 19.9. The lowest BCUT2D eigenvalue weighted by molar-refractivity contribution is -0.147. The molecular formula is C23H38O11. The summed E-state index contributed by atoms with van der Waals surface area (Å²) in [4.78, 5) is 45.7. The lowest BCUT2D eigenvalue weighted by Crippen LogP contribution is -2.14. The molecule has 0 bridgehead atoms. The lowest BCUT2D eigenvalue weighted by Gasteiger charge is -2.07. The van der Waals surface area contributed by atoms with Crippen molar-refractivity contribution < 1.29 is 53.1 Å². The summed E-state index contributed by atoms with van der Waals surface area (Å²) < 4.78 is 24.8. The lowest BCUT2D eigenvalue weighted by atomic mass is 10.2. The number of carbonyl (C=O) groups is 4. The molecule has 1 unspecified atom stereocenters. The normalized spacial score (nSPS) is 11.7. The number of ether oxygens (including phenoxy) is 5. The van der Waals surface area contributed by atoms with E-state index in [1.165, 1.54) is 6.92 Å². The third kappa shape index (κ3) is 22.7. The molecule has 0 aliphatic carbocycles. The molecule has 0 aromatic heterocycles. The molecule has 0 aliphatic rings. The standard InChI is InChI=1S/C23H38O11/c1-19(25)18-34-23(29)11-10-22(28)31-13-7-3-5-9-21(27)33-17-15-30-14-16-32-20(26)8-4-2-6-12-24/h10-11,19,24-25H,2-9,12-18H2,1H3/b11-10+. The Morgan fingerprint density at radius 2 is 1.21 bits per heavy atom. The van der Waals surface area contributed by atoms with Crippen LogP contribution in [0.15, 0.2) is 12.2 Å². The molecule has 1 atom stereocenters. The largest absolute Gasteiger partial charge is 0.463 e. The summed E-state index contributed by atoms with van der Waals surface area (Å²) in [6.45, 7) is 2.26. The molecule has 0 aliphatic heterocycles. The van der Waals surface area contributed by atoms with Crippen molar-refractivity contribution in [2.24, 2.45) is 0 Å². The fourth-order valence-corrected chi connectivity index (χ4v) is 2.39. The zero-order valence-corrected chi connectivity index (χ0v) is 19.9. The van der Waals surface area contributed by atoms with Crippen LogP contribution in [0.25, 0.3) is 0 Å². The smallest absolute Gasteiger partial charge is 0.331 e. The third-order valence-electron chi connectivity index (χ3n) is 4.11. The maximum atomic E-state index is 11.6. The van der Waals surface area contributed by atoms with Crippen molar-refractivity contribution in [2.45, 2.75) is 64.4 Å². The van der Waals surface area contributed by atoms with Crippen LogP contribution < -0.4 is 0 Å². The molecule has 0 aromatic rings. The minimum absolute atomic E-state index is 0.109. The Labute approximate surface area is 200 Å². The molecule has 11 nitrogen and oxygen atoms in total. The van der Waals surface area contributed by atoms with Crippen molar-refractivity contribution >= 4 is 23.9 Å². The van der Waals surface area contributed by atoms with Gasteiger partial charge in [0.15, 0.2) is 0 Å². The number of aliphatic hydroxyl groups excluding tert-OH is 2. The van der Waals surface area contributed by atoms with Crippen LogP contribution >= 0.6 is 0 Å². The van der Waals surface area contributed by atoms with Gasteiger partial charge in [0.1, 0.15) is 19.8 Å². The molecular weight excluding hydrogens is 452 g/mol. The second-order valence-electron chi connectivity index (χ2n) is 7.38. The number of hydrogen-bond acceptors (Lipinski definition) is 11. The molecule has 0 saturated heterocycles. The highest BCUT2D eigenvalue weighted by molar-refractivity contribution is 5.91. The van der Waals surface area contributed by atoms with Crippen LogP contribution in [0.1, 0.15) is 58.3 Å². The van der Waals surface area contributed by atoms with Crippen molar-refractivity contribution in [3.05, 3.63) is 12.2 Å². The van der Waals surface area contributed by atoms with Gasteiger partial charge in [0.05, 0.1) is 25.9 Å².